The second-order valence-corrected chi connectivity index (χ2v) is 8.47. The van der Waals surface area contributed by atoms with Crippen LogP contribution in [0.2, 0.25) is 0 Å². The Kier molecular flexibility index (Phi) is 14.5. The number of aliphatic hydroxyl groups excluding tert-OH is 1. The lowest BCUT2D eigenvalue weighted by Gasteiger charge is -2.28. The van der Waals surface area contributed by atoms with Crippen molar-refractivity contribution in [2.45, 2.75) is 45.3 Å². The van der Waals surface area contributed by atoms with Crippen molar-refractivity contribution in [3.63, 3.8) is 0 Å². The van der Waals surface area contributed by atoms with Crippen molar-refractivity contribution in [1.29, 1.82) is 0 Å². The maximum atomic E-state index is 13.1. The number of benzene rings is 1. The molecule has 2 amide bonds. The molecule has 9 nitrogen and oxygen atoms in total. The molecule has 0 saturated heterocycles. The fourth-order valence-electron chi connectivity index (χ4n) is 3.25. The van der Waals surface area contributed by atoms with E-state index in [9.17, 15) is 14.7 Å². The zero-order valence-corrected chi connectivity index (χ0v) is 20.4. The maximum absolute atomic E-state index is 13.1. The van der Waals surface area contributed by atoms with Gasteiger partial charge in [0.05, 0.1) is 36.8 Å². The number of methoxy groups -OCH3 is 1. The van der Waals surface area contributed by atoms with Crippen LogP contribution in [0.1, 0.15) is 32.3 Å². The minimum Gasteiger partial charge on any atom is -0.382 e. The molecule has 3 atom stereocenters. The van der Waals surface area contributed by atoms with Crippen LogP contribution in [-0.4, -0.2) is 72.7 Å². The first-order chi connectivity index (χ1) is 15.8. The fourth-order valence-corrected chi connectivity index (χ4v) is 3.68. The Hall–Kier alpha value is -2.11. The molecule has 0 fully saturated rings. The van der Waals surface area contributed by atoms with Gasteiger partial charge in [0.2, 0.25) is 5.91 Å². The third-order valence-corrected chi connectivity index (χ3v) is 5.54. The maximum Gasteiger partial charge on any atom is 0.272 e. The molecule has 10 heteroatoms. The topological polar surface area (TPSA) is 129 Å². The van der Waals surface area contributed by atoms with Crippen molar-refractivity contribution in [3.8, 4) is 0 Å². The molecule has 3 unspecified atom stereocenters. The molecule has 0 spiro atoms. The number of aryl methyl sites for hydroxylation is 1. The average molecular weight is 484 g/mol. The van der Waals surface area contributed by atoms with E-state index >= 15 is 0 Å². The van der Waals surface area contributed by atoms with Gasteiger partial charge in [0.15, 0.2) is 0 Å². The Morgan fingerprint density at radius 3 is 2.39 bits per heavy atom. The van der Waals surface area contributed by atoms with E-state index in [1.807, 2.05) is 44.2 Å². The lowest BCUT2D eigenvalue weighted by Crippen LogP contribution is -2.53. The van der Waals surface area contributed by atoms with Crippen molar-refractivity contribution in [2.75, 3.05) is 33.5 Å². The molecule has 1 aromatic rings. The normalized spacial score (nSPS) is 13.8. The molecule has 0 aliphatic carbocycles. The number of thiocarbonyl (C=S) groups is 1. The van der Waals surface area contributed by atoms with Gasteiger partial charge in [0, 0.05) is 13.7 Å². The lowest BCUT2D eigenvalue weighted by atomic mass is 9.92. The van der Waals surface area contributed by atoms with Crippen molar-refractivity contribution in [3.05, 3.63) is 35.9 Å². The van der Waals surface area contributed by atoms with Gasteiger partial charge in [-0.1, -0.05) is 56.4 Å². The van der Waals surface area contributed by atoms with E-state index < -0.39 is 29.9 Å². The molecule has 0 aliphatic rings. The molecule has 0 aliphatic heterocycles. The van der Waals surface area contributed by atoms with Crippen molar-refractivity contribution < 1.29 is 29.4 Å². The van der Waals surface area contributed by atoms with Crippen molar-refractivity contribution in [1.82, 2.24) is 16.1 Å². The number of carbonyl (C=O) groups excluding carboxylic acids is 2. The highest BCUT2D eigenvalue weighted by Gasteiger charge is 2.34. The highest BCUT2D eigenvalue weighted by atomic mass is 32.1. The summed E-state index contributed by atoms with van der Waals surface area (Å²) < 4.78 is 10.3. The van der Waals surface area contributed by atoms with Gasteiger partial charge in [-0.05, 0) is 30.7 Å². The Morgan fingerprint density at radius 2 is 1.79 bits per heavy atom. The van der Waals surface area contributed by atoms with Gasteiger partial charge in [-0.2, -0.15) is 0 Å². The Balaban J connectivity index is 2.73. The summed E-state index contributed by atoms with van der Waals surface area (Å²) in [6, 6.07) is 9.24. The summed E-state index contributed by atoms with van der Waals surface area (Å²) in [6.07, 6.45) is -0.164. The van der Waals surface area contributed by atoms with Crippen LogP contribution < -0.4 is 16.1 Å². The summed E-state index contributed by atoms with van der Waals surface area (Å²) in [5, 5.41) is 25.2. The molecule has 1 aromatic carbocycles. The summed E-state index contributed by atoms with van der Waals surface area (Å²) in [5.74, 6) is -2.59. The van der Waals surface area contributed by atoms with Crippen LogP contribution in [0.4, 0.5) is 0 Å². The molecule has 186 valence electrons. The molecule has 0 bridgehead atoms. The first-order valence-electron chi connectivity index (χ1n) is 11.1. The van der Waals surface area contributed by atoms with Crippen molar-refractivity contribution >= 4 is 29.0 Å². The van der Waals surface area contributed by atoms with E-state index in [0.717, 1.165) is 5.56 Å². The molecule has 5 N–H and O–H groups in total. The number of nitrogens with one attached hydrogen (secondary N) is 3. The third kappa shape index (κ3) is 11.0. The van der Waals surface area contributed by atoms with Crippen LogP contribution in [0.5, 0.6) is 0 Å². The number of ether oxygens (including phenoxy) is 2. The van der Waals surface area contributed by atoms with E-state index in [2.05, 4.69) is 10.6 Å². The second-order valence-electron chi connectivity index (χ2n) is 8.03. The summed E-state index contributed by atoms with van der Waals surface area (Å²) >= 11 is 5.46. The summed E-state index contributed by atoms with van der Waals surface area (Å²) in [5.41, 5.74) is 2.52. The Labute approximate surface area is 201 Å². The van der Waals surface area contributed by atoms with E-state index in [-0.39, 0.29) is 12.3 Å². The highest BCUT2D eigenvalue weighted by molar-refractivity contribution is 7.80. The summed E-state index contributed by atoms with van der Waals surface area (Å²) in [6.45, 7) is 5.71. The summed E-state index contributed by atoms with van der Waals surface area (Å²) in [4.78, 5) is 25.3. The zero-order chi connectivity index (χ0) is 24.6. The molecule has 1 rings (SSSR count). The highest BCUT2D eigenvalue weighted by Crippen LogP contribution is 2.17. The van der Waals surface area contributed by atoms with Crippen LogP contribution in [0.3, 0.4) is 0 Å². The lowest BCUT2D eigenvalue weighted by molar-refractivity contribution is -0.146. The first kappa shape index (κ1) is 28.9. The number of hydroxylamine groups is 1. The van der Waals surface area contributed by atoms with Gasteiger partial charge in [0.25, 0.3) is 5.91 Å². The first-order valence-corrected chi connectivity index (χ1v) is 11.5. The summed E-state index contributed by atoms with van der Waals surface area (Å²) in [7, 11) is 1.60. The quantitative estimate of drug-likeness (QED) is 0.103. The molecule has 0 radical (unpaired) electrons. The third-order valence-electron chi connectivity index (χ3n) is 5.14. The van der Waals surface area contributed by atoms with Crippen molar-refractivity contribution in [2.24, 2.45) is 11.8 Å². The van der Waals surface area contributed by atoms with Gasteiger partial charge in [-0.25, -0.2) is 5.48 Å². The van der Waals surface area contributed by atoms with E-state index in [1.165, 1.54) is 5.48 Å². The predicted octanol–water partition coefficient (Wildman–Crippen LogP) is 1.21. The largest absolute Gasteiger partial charge is 0.382 e. The number of hydrogen-bond donors (Lipinski definition) is 5. The van der Waals surface area contributed by atoms with Crippen LogP contribution in [0.25, 0.3) is 0 Å². The minimum atomic E-state index is -1.69. The monoisotopic (exact) mass is 483 g/mol. The fraction of sp³-hybridized carbons (Fsp3) is 0.609. The molecular weight excluding hydrogens is 446 g/mol. The molecule has 0 heterocycles. The Morgan fingerprint density at radius 1 is 1.09 bits per heavy atom. The smallest absolute Gasteiger partial charge is 0.272 e. The van der Waals surface area contributed by atoms with Crippen LogP contribution in [0.15, 0.2) is 30.3 Å². The average Bonchev–Trinajstić information content (AvgIpc) is 2.81. The van der Waals surface area contributed by atoms with Crippen LogP contribution in [-0.2, 0) is 25.5 Å². The molecular formula is C23H37N3O6S. The second kappa shape index (κ2) is 16.5. The predicted molar refractivity (Wildman–Crippen MR) is 129 cm³/mol. The molecule has 0 aromatic heterocycles. The molecule has 33 heavy (non-hydrogen) atoms. The van der Waals surface area contributed by atoms with Gasteiger partial charge in [-0.3, -0.25) is 14.8 Å². The standard InChI is InChI=1S/C23H37N3O6S/c1-16(2)19(23(33)24-12-13-32-15-14-31-3)25-21(28)18(20(27)22(29)26-30)11-7-10-17-8-5-4-6-9-17/h4-6,8-9,16,18-20,27,30H,7,10-15H2,1-3H3,(H,24,33)(H,25,28)(H,26,29). The van der Waals surface area contributed by atoms with E-state index in [4.69, 9.17) is 26.9 Å². The molecule has 0 saturated carbocycles. The Bertz CT molecular complexity index is 719. The van der Waals surface area contributed by atoms with Gasteiger partial charge in [-0.15, -0.1) is 0 Å². The minimum absolute atomic E-state index is 0.0304. The number of aliphatic hydroxyl groups is 1. The SMILES string of the molecule is COCCOCCNC(=S)C(NC(=O)C(CCCc1ccccc1)C(O)C(=O)NO)C(C)C. The van der Waals surface area contributed by atoms with Gasteiger partial charge < -0.3 is 25.2 Å². The zero-order valence-electron chi connectivity index (χ0n) is 19.6. The van der Waals surface area contributed by atoms with Crippen LogP contribution in [0, 0.1) is 11.8 Å². The number of rotatable bonds is 16. The van der Waals surface area contributed by atoms with Gasteiger partial charge >= 0.3 is 0 Å². The number of carbonyl (C=O) groups is 2. The van der Waals surface area contributed by atoms with Gasteiger partial charge in [0.1, 0.15) is 6.10 Å². The van der Waals surface area contributed by atoms with E-state index in [0.29, 0.717) is 44.2 Å². The van der Waals surface area contributed by atoms with Crippen LogP contribution >= 0.6 is 12.2 Å². The number of amides is 2. The van der Waals surface area contributed by atoms with E-state index in [1.54, 1.807) is 7.11 Å². The number of hydrogen-bond acceptors (Lipinski definition) is 7.